The van der Waals surface area contributed by atoms with Gasteiger partial charge < -0.3 is 9.88 Å². The molecule has 0 saturated heterocycles. The van der Waals surface area contributed by atoms with Gasteiger partial charge in [-0.2, -0.15) is 5.10 Å². The Morgan fingerprint density at radius 3 is 2.35 bits per heavy atom. The highest BCUT2D eigenvalue weighted by Gasteiger charge is 2.15. The van der Waals surface area contributed by atoms with Crippen LogP contribution in [0.25, 0.3) is 5.69 Å². The molecule has 1 aromatic heterocycles. The monoisotopic (exact) mass is 456 g/mol. The molecule has 0 aliphatic carbocycles. The number of hydrogen-bond acceptors (Lipinski definition) is 3. The SMILES string of the molecule is Cc1ccc(-n2c(C)cc(/C=N\NC(=O)C(=O)Nc3ccc(Cl)cc3C)c2C)cc1Cl. The van der Waals surface area contributed by atoms with Crippen molar-refractivity contribution < 1.29 is 9.59 Å². The summed E-state index contributed by atoms with van der Waals surface area (Å²) in [5.41, 5.74) is 8.18. The van der Waals surface area contributed by atoms with Gasteiger partial charge in [0.15, 0.2) is 0 Å². The summed E-state index contributed by atoms with van der Waals surface area (Å²) in [5.74, 6) is -1.69. The summed E-state index contributed by atoms with van der Waals surface area (Å²) in [7, 11) is 0. The Labute approximate surface area is 190 Å². The molecule has 0 bridgehead atoms. The van der Waals surface area contributed by atoms with Crippen LogP contribution in [0.5, 0.6) is 0 Å². The predicted octanol–water partition coefficient (Wildman–Crippen LogP) is 5.11. The number of carbonyl (C=O) groups excluding carboxylic acids is 2. The molecule has 2 aromatic carbocycles. The van der Waals surface area contributed by atoms with Crippen LogP contribution in [-0.2, 0) is 9.59 Å². The fraction of sp³-hybridized carbons (Fsp3) is 0.174. The minimum Gasteiger partial charge on any atom is -0.318 e. The maximum Gasteiger partial charge on any atom is 0.329 e. The number of hydrogen-bond donors (Lipinski definition) is 2. The van der Waals surface area contributed by atoms with Crippen LogP contribution in [0.15, 0.2) is 47.6 Å². The fourth-order valence-corrected chi connectivity index (χ4v) is 3.60. The second-order valence-electron chi connectivity index (χ2n) is 7.21. The number of benzene rings is 2. The van der Waals surface area contributed by atoms with E-state index in [9.17, 15) is 9.59 Å². The number of nitrogens with one attached hydrogen (secondary N) is 2. The van der Waals surface area contributed by atoms with Gasteiger partial charge in [0.1, 0.15) is 0 Å². The Balaban J connectivity index is 1.70. The van der Waals surface area contributed by atoms with Gasteiger partial charge in [-0.1, -0.05) is 29.3 Å². The van der Waals surface area contributed by atoms with Crippen LogP contribution in [0, 0.1) is 27.7 Å². The maximum absolute atomic E-state index is 12.1. The molecule has 1 heterocycles. The van der Waals surface area contributed by atoms with Gasteiger partial charge in [-0.05, 0) is 75.2 Å². The van der Waals surface area contributed by atoms with Crippen LogP contribution >= 0.6 is 23.2 Å². The minimum absolute atomic E-state index is 0.508. The fourth-order valence-electron chi connectivity index (χ4n) is 3.19. The van der Waals surface area contributed by atoms with E-state index in [2.05, 4.69) is 15.8 Å². The first-order valence-electron chi connectivity index (χ1n) is 9.53. The number of halogens is 2. The van der Waals surface area contributed by atoms with E-state index in [-0.39, 0.29) is 0 Å². The lowest BCUT2D eigenvalue weighted by Crippen LogP contribution is -2.32. The Morgan fingerprint density at radius 2 is 1.68 bits per heavy atom. The number of carbonyl (C=O) groups is 2. The zero-order chi connectivity index (χ0) is 22.7. The number of amides is 2. The van der Waals surface area contributed by atoms with Crippen molar-refractivity contribution in [2.45, 2.75) is 27.7 Å². The van der Waals surface area contributed by atoms with Gasteiger partial charge in [0.2, 0.25) is 0 Å². The molecule has 3 aromatic rings. The molecule has 8 heteroatoms. The number of nitrogens with zero attached hydrogens (tertiary/aromatic N) is 2. The number of aryl methyl sites for hydroxylation is 3. The second-order valence-corrected chi connectivity index (χ2v) is 8.05. The normalized spacial score (nSPS) is 11.0. The Bertz CT molecular complexity index is 1200. The first-order chi connectivity index (χ1) is 14.7. The molecule has 0 fully saturated rings. The third kappa shape index (κ3) is 5.16. The van der Waals surface area contributed by atoms with Gasteiger partial charge in [-0.25, -0.2) is 5.43 Å². The van der Waals surface area contributed by atoms with Crippen LogP contribution < -0.4 is 10.7 Å². The van der Waals surface area contributed by atoms with E-state index in [4.69, 9.17) is 23.2 Å². The molecule has 0 aliphatic rings. The van der Waals surface area contributed by atoms with E-state index in [0.717, 1.165) is 33.8 Å². The predicted molar refractivity (Wildman–Crippen MR) is 126 cm³/mol. The summed E-state index contributed by atoms with van der Waals surface area (Å²) >= 11 is 12.2. The summed E-state index contributed by atoms with van der Waals surface area (Å²) in [6, 6.07) is 12.8. The maximum atomic E-state index is 12.1. The van der Waals surface area contributed by atoms with E-state index < -0.39 is 11.8 Å². The standard InChI is InChI=1S/C23H22Cl2N4O2/c1-13-5-7-19(11-20(13)25)29-15(3)10-17(16(29)4)12-26-28-23(31)22(30)27-21-8-6-18(24)9-14(21)2/h5-12H,1-4H3,(H,27,30)(H,28,31)/b26-12-. The van der Waals surface area contributed by atoms with Crippen molar-refractivity contribution in [2.75, 3.05) is 5.32 Å². The number of anilines is 1. The van der Waals surface area contributed by atoms with Crippen molar-refractivity contribution in [3.05, 3.63) is 80.6 Å². The van der Waals surface area contributed by atoms with Crippen LogP contribution in [0.3, 0.4) is 0 Å². The largest absolute Gasteiger partial charge is 0.329 e. The Kier molecular flexibility index (Phi) is 6.83. The highest BCUT2D eigenvalue weighted by atomic mass is 35.5. The van der Waals surface area contributed by atoms with Crippen molar-refractivity contribution in [1.82, 2.24) is 9.99 Å². The van der Waals surface area contributed by atoms with Gasteiger partial charge in [-0.15, -0.1) is 0 Å². The lowest BCUT2D eigenvalue weighted by atomic mass is 10.2. The molecule has 0 saturated carbocycles. The van der Waals surface area contributed by atoms with E-state index in [1.54, 1.807) is 25.1 Å². The first-order valence-corrected chi connectivity index (χ1v) is 10.3. The van der Waals surface area contributed by atoms with E-state index in [1.807, 2.05) is 49.6 Å². The average Bonchev–Trinajstić information content (AvgIpc) is 2.99. The lowest BCUT2D eigenvalue weighted by molar-refractivity contribution is -0.136. The zero-order valence-corrected chi connectivity index (χ0v) is 19.1. The summed E-state index contributed by atoms with van der Waals surface area (Å²) < 4.78 is 2.05. The summed E-state index contributed by atoms with van der Waals surface area (Å²) in [4.78, 5) is 24.2. The number of rotatable bonds is 4. The van der Waals surface area contributed by atoms with E-state index >= 15 is 0 Å². The van der Waals surface area contributed by atoms with Gasteiger partial charge in [0.05, 0.1) is 6.21 Å². The lowest BCUT2D eigenvalue weighted by Gasteiger charge is -2.11. The molecule has 31 heavy (non-hydrogen) atoms. The van der Waals surface area contributed by atoms with Crippen LogP contribution in [0.2, 0.25) is 10.0 Å². The van der Waals surface area contributed by atoms with Crippen molar-refractivity contribution in [1.29, 1.82) is 0 Å². The van der Waals surface area contributed by atoms with Crippen LogP contribution in [0.1, 0.15) is 28.1 Å². The summed E-state index contributed by atoms with van der Waals surface area (Å²) in [6.07, 6.45) is 1.51. The van der Waals surface area contributed by atoms with Gasteiger partial charge in [-0.3, -0.25) is 9.59 Å². The topological polar surface area (TPSA) is 75.5 Å². The number of hydrazone groups is 1. The highest BCUT2D eigenvalue weighted by Crippen LogP contribution is 2.24. The number of aromatic nitrogens is 1. The molecule has 6 nitrogen and oxygen atoms in total. The molecule has 0 unspecified atom stereocenters. The third-order valence-corrected chi connectivity index (χ3v) is 5.54. The molecular weight excluding hydrogens is 435 g/mol. The molecule has 0 spiro atoms. The second kappa shape index (κ2) is 9.37. The Hall–Kier alpha value is -3.09. The minimum atomic E-state index is -0.871. The molecule has 2 N–H and O–H groups in total. The van der Waals surface area contributed by atoms with E-state index in [1.165, 1.54) is 6.21 Å². The van der Waals surface area contributed by atoms with Crippen molar-refractivity contribution in [3.63, 3.8) is 0 Å². The van der Waals surface area contributed by atoms with E-state index in [0.29, 0.717) is 15.7 Å². The molecule has 0 radical (unpaired) electrons. The first kappa shape index (κ1) is 22.6. The molecular formula is C23H22Cl2N4O2. The Morgan fingerprint density at radius 1 is 0.935 bits per heavy atom. The van der Waals surface area contributed by atoms with Crippen molar-refractivity contribution >= 4 is 46.9 Å². The van der Waals surface area contributed by atoms with Crippen molar-refractivity contribution in [2.24, 2.45) is 5.10 Å². The average molecular weight is 457 g/mol. The van der Waals surface area contributed by atoms with Crippen LogP contribution in [-0.4, -0.2) is 22.6 Å². The van der Waals surface area contributed by atoms with Gasteiger partial charge >= 0.3 is 11.8 Å². The highest BCUT2D eigenvalue weighted by molar-refractivity contribution is 6.39. The molecule has 160 valence electrons. The van der Waals surface area contributed by atoms with Crippen LogP contribution in [0.4, 0.5) is 5.69 Å². The smallest absolute Gasteiger partial charge is 0.318 e. The van der Waals surface area contributed by atoms with Gasteiger partial charge in [0, 0.05) is 38.4 Å². The third-order valence-electron chi connectivity index (χ3n) is 4.90. The summed E-state index contributed by atoms with van der Waals surface area (Å²) in [6.45, 7) is 7.65. The molecule has 0 aliphatic heterocycles. The van der Waals surface area contributed by atoms with Gasteiger partial charge in [0.25, 0.3) is 0 Å². The molecule has 2 amide bonds. The molecule has 0 atom stereocenters. The zero-order valence-electron chi connectivity index (χ0n) is 17.6. The molecule has 3 rings (SSSR count). The summed E-state index contributed by atoms with van der Waals surface area (Å²) in [5, 5.41) is 7.72. The van der Waals surface area contributed by atoms with Crippen molar-refractivity contribution in [3.8, 4) is 5.69 Å². The quantitative estimate of drug-likeness (QED) is 0.325.